The van der Waals surface area contributed by atoms with Crippen LogP contribution in [0.1, 0.15) is 41.4 Å². The summed E-state index contributed by atoms with van der Waals surface area (Å²) < 4.78 is 28.7. The molecular weight excluding hydrogens is 556 g/mol. The molecule has 0 spiro atoms. The maximum atomic E-state index is 12.3. The van der Waals surface area contributed by atoms with E-state index < -0.39 is 16.0 Å². The molecule has 1 fully saturated rings. The maximum absolute atomic E-state index is 12.3. The standard InChI is InChI=1S/C31H30N4O4S2/c1-2-39-30(36)27-19-40-31(34-27)35-29(24-10-6-9-23(18-24)21-7-4-3-5-8-21)26(28(32)22-13-14-22)17-20-11-15-25(16-12-20)41(33,37)38/h3-12,15-16,18-19,22,32H,2,13-14,17H2,1H3,(H,34,35)(H2,33,37,38)/b29-26-,32-28?. The molecule has 8 nitrogen and oxygen atoms in total. The summed E-state index contributed by atoms with van der Waals surface area (Å²) in [6, 6.07) is 24.5. The van der Waals surface area contributed by atoms with E-state index in [1.165, 1.54) is 23.5 Å². The van der Waals surface area contributed by atoms with Crippen LogP contribution in [-0.4, -0.2) is 31.7 Å². The van der Waals surface area contributed by atoms with E-state index in [0.717, 1.165) is 40.7 Å². The molecule has 1 aliphatic carbocycles. The van der Waals surface area contributed by atoms with Gasteiger partial charge in [-0.15, -0.1) is 11.3 Å². The topological polar surface area (TPSA) is 135 Å². The Morgan fingerprint density at radius 1 is 1.05 bits per heavy atom. The number of carbonyl (C=O) groups is 1. The van der Waals surface area contributed by atoms with Gasteiger partial charge in [0.2, 0.25) is 10.0 Å². The van der Waals surface area contributed by atoms with Gasteiger partial charge in [0.05, 0.1) is 17.2 Å². The number of benzene rings is 3. The van der Waals surface area contributed by atoms with Gasteiger partial charge in [0.15, 0.2) is 10.8 Å². The lowest BCUT2D eigenvalue weighted by Crippen LogP contribution is -2.15. The molecule has 0 amide bonds. The van der Waals surface area contributed by atoms with Gasteiger partial charge >= 0.3 is 5.97 Å². The molecule has 0 atom stereocenters. The number of anilines is 1. The number of aromatic nitrogens is 1. The maximum Gasteiger partial charge on any atom is 0.357 e. The van der Waals surface area contributed by atoms with Gasteiger partial charge in [-0.3, -0.25) is 0 Å². The van der Waals surface area contributed by atoms with Crippen LogP contribution < -0.4 is 10.5 Å². The normalized spacial score (nSPS) is 13.8. The third kappa shape index (κ3) is 6.97. The lowest BCUT2D eigenvalue weighted by molar-refractivity contribution is 0.0520. The number of hydrogen-bond donors (Lipinski definition) is 3. The quantitative estimate of drug-likeness (QED) is 0.143. The van der Waals surface area contributed by atoms with Crippen molar-refractivity contribution in [2.75, 3.05) is 11.9 Å². The van der Waals surface area contributed by atoms with Crippen molar-refractivity contribution in [3.05, 3.63) is 107 Å². The Labute approximate surface area is 243 Å². The number of allylic oxidation sites excluding steroid dienone is 1. The second-order valence-corrected chi connectivity index (χ2v) is 12.2. The van der Waals surface area contributed by atoms with E-state index in [0.29, 0.717) is 23.0 Å². The van der Waals surface area contributed by atoms with Crippen molar-refractivity contribution in [2.24, 2.45) is 11.1 Å². The molecular formula is C31H30N4O4S2. The highest BCUT2D eigenvalue weighted by atomic mass is 32.2. The minimum Gasteiger partial charge on any atom is -0.461 e. The van der Waals surface area contributed by atoms with Crippen LogP contribution in [0, 0.1) is 11.3 Å². The molecule has 1 saturated carbocycles. The Kier molecular flexibility index (Phi) is 8.44. The number of primary sulfonamides is 1. The number of carbonyl (C=O) groups excluding carboxylic acids is 1. The van der Waals surface area contributed by atoms with E-state index in [1.54, 1.807) is 24.4 Å². The number of hydrogen-bond acceptors (Lipinski definition) is 8. The molecule has 3 aromatic carbocycles. The molecule has 10 heteroatoms. The Morgan fingerprint density at radius 3 is 2.41 bits per heavy atom. The van der Waals surface area contributed by atoms with Gasteiger partial charge < -0.3 is 15.5 Å². The number of nitrogens with zero attached hydrogens (tertiary/aromatic N) is 1. The van der Waals surface area contributed by atoms with Crippen LogP contribution in [0.2, 0.25) is 0 Å². The summed E-state index contributed by atoms with van der Waals surface area (Å²) in [6.07, 6.45) is 2.26. The summed E-state index contributed by atoms with van der Waals surface area (Å²) in [5, 5.41) is 20.0. The zero-order valence-corrected chi connectivity index (χ0v) is 24.1. The zero-order valence-electron chi connectivity index (χ0n) is 22.5. The van der Waals surface area contributed by atoms with Crippen molar-refractivity contribution in [3.8, 4) is 11.1 Å². The number of ether oxygens (including phenoxy) is 1. The highest BCUT2D eigenvalue weighted by Crippen LogP contribution is 2.37. The SMILES string of the molecule is CCOC(=O)c1csc(N/C(=C(/Cc2ccc(S(N)(=O)=O)cc2)C(=N)C2CC2)c2cccc(-c3ccccc3)c2)n1. The first-order chi connectivity index (χ1) is 19.7. The van der Waals surface area contributed by atoms with Gasteiger partial charge in [0.25, 0.3) is 0 Å². The molecule has 5 rings (SSSR count). The van der Waals surface area contributed by atoms with E-state index >= 15 is 0 Å². The second kappa shape index (κ2) is 12.2. The van der Waals surface area contributed by atoms with Crippen LogP contribution in [0.15, 0.2) is 94.7 Å². The monoisotopic (exact) mass is 586 g/mol. The first-order valence-corrected chi connectivity index (χ1v) is 15.6. The number of nitrogens with two attached hydrogens (primary N) is 1. The molecule has 0 unspecified atom stereocenters. The zero-order chi connectivity index (χ0) is 29.0. The molecule has 0 bridgehead atoms. The highest BCUT2D eigenvalue weighted by molar-refractivity contribution is 7.89. The molecule has 1 heterocycles. The van der Waals surface area contributed by atoms with Gasteiger partial charge in [-0.1, -0.05) is 60.7 Å². The van der Waals surface area contributed by atoms with Crippen molar-refractivity contribution in [2.45, 2.75) is 31.1 Å². The van der Waals surface area contributed by atoms with Crippen molar-refractivity contribution >= 4 is 43.9 Å². The number of rotatable bonds is 11. The minimum absolute atomic E-state index is 0.0345. The highest BCUT2D eigenvalue weighted by Gasteiger charge is 2.31. The van der Waals surface area contributed by atoms with Crippen LogP contribution in [0.25, 0.3) is 16.8 Å². The van der Waals surface area contributed by atoms with E-state index in [-0.39, 0.29) is 23.1 Å². The fraction of sp³-hybridized carbons (Fsp3) is 0.194. The van der Waals surface area contributed by atoms with Gasteiger partial charge in [-0.05, 0) is 60.2 Å². The van der Waals surface area contributed by atoms with Crippen molar-refractivity contribution in [1.82, 2.24) is 4.98 Å². The summed E-state index contributed by atoms with van der Waals surface area (Å²) in [5.74, 6) is -0.344. The Hall–Kier alpha value is -4.12. The Balaban J connectivity index is 1.62. The molecule has 210 valence electrons. The molecule has 41 heavy (non-hydrogen) atoms. The van der Waals surface area contributed by atoms with Crippen LogP contribution in [-0.2, 0) is 21.2 Å². The van der Waals surface area contributed by atoms with Gasteiger partial charge in [-0.2, -0.15) is 0 Å². The number of esters is 1. The molecule has 0 aliphatic heterocycles. The van der Waals surface area contributed by atoms with Crippen molar-refractivity contribution < 1.29 is 17.9 Å². The van der Waals surface area contributed by atoms with Crippen LogP contribution >= 0.6 is 11.3 Å². The van der Waals surface area contributed by atoms with Crippen LogP contribution in [0.5, 0.6) is 0 Å². The largest absolute Gasteiger partial charge is 0.461 e. The second-order valence-electron chi connectivity index (χ2n) is 9.74. The fourth-order valence-electron chi connectivity index (χ4n) is 4.48. The van der Waals surface area contributed by atoms with E-state index in [1.807, 2.05) is 48.5 Å². The Morgan fingerprint density at radius 2 is 1.76 bits per heavy atom. The van der Waals surface area contributed by atoms with Crippen LogP contribution in [0.4, 0.5) is 5.13 Å². The first-order valence-electron chi connectivity index (χ1n) is 13.2. The third-order valence-corrected chi connectivity index (χ3v) is 8.41. The average Bonchev–Trinajstić information content (AvgIpc) is 3.72. The lowest BCUT2D eigenvalue weighted by Gasteiger charge is -2.19. The fourth-order valence-corrected chi connectivity index (χ4v) is 5.68. The van der Waals surface area contributed by atoms with Gasteiger partial charge in [0.1, 0.15) is 0 Å². The molecule has 1 aliphatic rings. The van der Waals surface area contributed by atoms with E-state index in [4.69, 9.17) is 15.3 Å². The third-order valence-electron chi connectivity index (χ3n) is 6.72. The van der Waals surface area contributed by atoms with Crippen molar-refractivity contribution in [1.29, 1.82) is 5.41 Å². The van der Waals surface area contributed by atoms with Crippen LogP contribution in [0.3, 0.4) is 0 Å². The molecule has 4 N–H and O–H groups in total. The molecule has 1 aromatic heterocycles. The summed E-state index contributed by atoms with van der Waals surface area (Å²) >= 11 is 1.28. The molecule has 0 radical (unpaired) electrons. The summed E-state index contributed by atoms with van der Waals surface area (Å²) in [4.78, 5) is 16.8. The minimum atomic E-state index is -3.82. The predicted molar refractivity (Wildman–Crippen MR) is 162 cm³/mol. The van der Waals surface area contributed by atoms with E-state index in [9.17, 15) is 13.2 Å². The number of sulfonamides is 1. The first kappa shape index (κ1) is 28.4. The van der Waals surface area contributed by atoms with Gasteiger partial charge in [0, 0.05) is 29.0 Å². The van der Waals surface area contributed by atoms with Crippen molar-refractivity contribution in [3.63, 3.8) is 0 Å². The molecule has 4 aromatic rings. The lowest BCUT2D eigenvalue weighted by atomic mass is 9.92. The Bertz CT molecular complexity index is 1710. The smallest absolute Gasteiger partial charge is 0.357 e. The summed E-state index contributed by atoms with van der Waals surface area (Å²) in [6.45, 7) is 2.00. The van der Waals surface area contributed by atoms with Gasteiger partial charge in [-0.25, -0.2) is 23.3 Å². The predicted octanol–water partition coefficient (Wildman–Crippen LogP) is 6.13. The summed E-state index contributed by atoms with van der Waals surface area (Å²) in [5.41, 5.74) is 6.00. The molecule has 0 saturated heterocycles. The average molecular weight is 587 g/mol. The summed E-state index contributed by atoms with van der Waals surface area (Å²) in [7, 11) is -3.82. The van der Waals surface area contributed by atoms with E-state index in [2.05, 4.69) is 16.4 Å². The number of thiazole rings is 1. The number of nitrogens with one attached hydrogen (secondary N) is 2.